The Balaban J connectivity index is 2.16. The molecule has 3 rings (SSSR count). The van der Waals surface area contributed by atoms with Crippen molar-refractivity contribution >= 4 is 40.7 Å². The van der Waals surface area contributed by atoms with E-state index in [-0.39, 0.29) is 29.3 Å². The fraction of sp³-hybridized carbons (Fsp3) is 0.136. The summed E-state index contributed by atoms with van der Waals surface area (Å²) in [6.45, 7) is 3.05. The fourth-order valence-electron chi connectivity index (χ4n) is 2.85. The summed E-state index contributed by atoms with van der Waals surface area (Å²) in [6, 6.07) is 12.9. The quantitative estimate of drug-likeness (QED) is 0.339. The summed E-state index contributed by atoms with van der Waals surface area (Å²) >= 11 is 0. The molecule has 3 aromatic rings. The molecule has 0 aliphatic carbocycles. The van der Waals surface area contributed by atoms with Crippen LogP contribution in [0.15, 0.2) is 48.5 Å². The number of hydrogen-bond acceptors (Lipinski definition) is 7. The van der Waals surface area contributed by atoms with E-state index < -0.39 is 16.9 Å². The molecule has 0 bridgehead atoms. The zero-order valence-electron chi connectivity index (χ0n) is 16.3. The molecule has 0 unspecified atom stereocenters. The summed E-state index contributed by atoms with van der Waals surface area (Å²) in [7, 11) is 0. The predicted octanol–water partition coefficient (Wildman–Crippen LogP) is 4.42. The molecule has 152 valence electrons. The van der Waals surface area contributed by atoms with Gasteiger partial charge in [0.25, 0.3) is 5.69 Å². The van der Waals surface area contributed by atoms with Crippen LogP contribution in [0.2, 0.25) is 0 Å². The van der Waals surface area contributed by atoms with Gasteiger partial charge in [0.2, 0.25) is 0 Å². The number of nitro groups is 1. The van der Waals surface area contributed by atoms with Crippen molar-refractivity contribution in [1.29, 1.82) is 0 Å². The molecule has 0 fully saturated rings. The van der Waals surface area contributed by atoms with Gasteiger partial charge in [-0.1, -0.05) is 18.2 Å². The van der Waals surface area contributed by atoms with Crippen LogP contribution in [-0.4, -0.2) is 28.5 Å². The number of carbonyl (C=O) groups is 2. The maximum Gasteiger partial charge on any atom is 0.344 e. The van der Waals surface area contributed by atoms with Gasteiger partial charge in [-0.3, -0.25) is 14.9 Å². The van der Waals surface area contributed by atoms with Crippen LogP contribution in [-0.2, 0) is 9.53 Å². The van der Waals surface area contributed by atoms with Gasteiger partial charge in [-0.2, -0.15) is 0 Å². The zero-order valence-corrected chi connectivity index (χ0v) is 16.3. The van der Waals surface area contributed by atoms with Gasteiger partial charge in [0.1, 0.15) is 5.56 Å². The summed E-state index contributed by atoms with van der Waals surface area (Å²) in [5.74, 6) is -1.17. The molecule has 0 atom stereocenters. The van der Waals surface area contributed by atoms with Crippen molar-refractivity contribution in [3.8, 4) is 5.75 Å². The Kier molecular flexibility index (Phi) is 6.17. The molecule has 0 N–H and O–H groups in total. The smallest absolute Gasteiger partial charge is 0.344 e. The first kappa shape index (κ1) is 20.7. The fourth-order valence-corrected chi connectivity index (χ4v) is 2.85. The van der Waals surface area contributed by atoms with E-state index in [9.17, 15) is 19.7 Å². The summed E-state index contributed by atoms with van der Waals surface area (Å²) in [5.41, 5.74) is 1.45. The number of nitro benzene ring substituents is 1. The third kappa shape index (κ3) is 4.49. The molecule has 0 saturated carbocycles. The normalized spacial score (nSPS) is 10.9. The number of benzene rings is 2. The second-order valence-electron chi connectivity index (χ2n) is 6.21. The van der Waals surface area contributed by atoms with E-state index in [0.29, 0.717) is 16.5 Å². The lowest BCUT2D eigenvalue weighted by Crippen LogP contribution is -2.13. The SMILES string of the molecule is CCOC(=O)c1c(/C=C/c2ccc([N+](=O)[O-])cc2)nc2ccccc2c1OC(C)=O. The van der Waals surface area contributed by atoms with Crippen LogP contribution >= 0.6 is 0 Å². The van der Waals surface area contributed by atoms with Gasteiger partial charge < -0.3 is 9.47 Å². The molecule has 8 nitrogen and oxygen atoms in total. The predicted molar refractivity (Wildman–Crippen MR) is 111 cm³/mol. The number of carbonyl (C=O) groups excluding carboxylic acids is 2. The Morgan fingerprint density at radius 1 is 1.10 bits per heavy atom. The van der Waals surface area contributed by atoms with Crippen molar-refractivity contribution in [1.82, 2.24) is 4.98 Å². The number of aromatic nitrogens is 1. The van der Waals surface area contributed by atoms with Crippen LogP contribution in [0.25, 0.3) is 23.1 Å². The van der Waals surface area contributed by atoms with Crippen molar-refractivity contribution in [2.45, 2.75) is 13.8 Å². The number of esters is 2. The minimum absolute atomic E-state index is 0.0275. The van der Waals surface area contributed by atoms with E-state index in [2.05, 4.69) is 4.98 Å². The number of nitrogens with zero attached hydrogens (tertiary/aromatic N) is 2. The van der Waals surface area contributed by atoms with E-state index >= 15 is 0 Å². The van der Waals surface area contributed by atoms with E-state index in [4.69, 9.17) is 9.47 Å². The van der Waals surface area contributed by atoms with Crippen molar-refractivity contribution in [2.24, 2.45) is 0 Å². The minimum Gasteiger partial charge on any atom is -0.462 e. The van der Waals surface area contributed by atoms with Crippen LogP contribution in [0.1, 0.15) is 35.5 Å². The number of pyridine rings is 1. The van der Waals surface area contributed by atoms with Crippen LogP contribution in [0.3, 0.4) is 0 Å². The van der Waals surface area contributed by atoms with E-state index in [1.165, 1.54) is 19.1 Å². The number of hydrogen-bond donors (Lipinski definition) is 0. The highest BCUT2D eigenvalue weighted by atomic mass is 16.6. The standard InChI is InChI=1S/C22H18N2O6/c1-3-29-22(26)20-19(13-10-15-8-11-16(12-9-15)24(27)28)23-18-7-5-4-6-17(18)21(20)30-14(2)25/h4-13H,3H2,1-2H3/b13-10+. The van der Waals surface area contributed by atoms with Crippen molar-refractivity contribution < 1.29 is 24.0 Å². The summed E-state index contributed by atoms with van der Waals surface area (Å²) < 4.78 is 10.5. The average molecular weight is 406 g/mol. The Labute approximate surface area is 171 Å². The molecule has 0 aliphatic heterocycles. The van der Waals surface area contributed by atoms with Gasteiger partial charge in [0, 0.05) is 24.4 Å². The Hall–Kier alpha value is -4.07. The second-order valence-corrected chi connectivity index (χ2v) is 6.21. The maximum atomic E-state index is 12.7. The topological polar surface area (TPSA) is 109 Å². The number of para-hydroxylation sites is 1. The molecule has 8 heteroatoms. The first-order chi connectivity index (χ1) is 14.4. The molecular weight excluding hydrogens is 388 g/mol. The van der Waals surface area contributed by atoms with E-state index in [0.717, 1.165) is 0 Å². The van der Waals surface area contributed by atoms with Crippen LogP contribution in [0.4, 0.5) is 5.69 Å². The lowest BCUT2D eigenvalue weighted by molar-refractivity contribution is -0.384. The molecule has 1 heterocycles. The van der Waals surface area contributed by atoms with Crippen LogP contribution in [0.5, 0.6) is 5.75 Å². The zero-order chi connectivity index (χ0) is 21.7. The Bertz CT molecular complexity index is 1150. The minimum atomic E-state index is -0.671. The molecular formula is C22H18N2O6. The lowest BCUT2D eigenvalue weighted by Gasteiger charge is -2.14. The lowest BCUT2D eigenvalue weighted by atomic mass is 10.1. The van der Waals surface area contributed by atoms with Gasteiger partial charge in [0.05, 0.1) is 22.7 Å². The molecule has 0 spiro atoms. The molecule has 2 aromatic carbocycles. The maximum absolute atomic E-state index is 12.7. The monoisotopic (exact) mass is 406 g/mol. The largest absolute Gasteiger partial charge is 0.462 e. The molecule has 1 aromatic heterocycles. The van der Waals surface area contributed by atoms with Crippen molar-refractivity contribution in [3.05, 3.63) is 75.5 Å². The number of fused-ring (bicyclic) bond motifs is 1. The number of non-ortho nitro benzene ring substituents is 1. The summed E-state index contributed by atoms with van der Waals surface area (Å²) in [4.78, 5) is 39.2. The van der Waals surface area contributed by atoms with Crippen LogP contribution < -0.4 is 4.74 Å². The average Bonchev–Trinajstić information content (AvgIpc) is 2.72. The highest BCUT2D eigenvalue weighted by Crippen LogP contribution is 2.33. The van der Waals surface area contributed by atoms with Gasteiger partial charge in [-0.15, -0.1) is 0 Å². The third-order valence-corrected chi connectivity index (χ3v) is 4.14. The molecule has 0 saturated heterocycles. The highest BCUT2D eigenvalue weighted by Gasteiger charge is 2.23. The number of rotatable bonds is 6. The van der Waals surface area contributed by atoms with Gasteiger partial charge in [-0.05, 0) is 42.8 Å². The first-order valence-electron chi connectivity index (χ1n) is 9.11. The van der Waals surface area contributed by atoms with Gasteiger partial charge in [-0.25, -0.2) is 9.78 Å². The van der Waals surface area contributed by atoms with Crippen LogP contribution in [0, 0.1) is 10.1 Å². The highest BCUT2D eigenvalue weighted by molar-refractivity contribution is 6.04. The second kappa shape index (κ2) is 8.95. The molecule has 30 heavy (non-hydrogen) atoms. The molecule has 0 radical (unpaired) electrons. The van der Waals surface area contributed by atoms with Crippen molar-refractivity contribution in [3.63, 3.8) is 0 Å². The van der Waals surface area contributed by atoms with Crippen molar-refractivity contribution in [2.75, 3.05) is 6.61 Å². The Morgan fingerprint density at radius 3 is 2.43 bits per heavy atom. The van der Waals surface area contributed by atoms with Gasteiger partial charge in [0.15, 0.2) is 5.75 Å². The summed E-state index contributed by atoms with van der Waals surface area (Å²) in [6.07, 6.45) is 3.23. The first-order valence-corrected chi connectivity index (χ1v) is 9.11. The van der Waals surface area contributed by atoms with E-state index in [1.807, 2.05) is 0 Å². The third-order valence-electron chi connectivity index (χ3n) is 4.14. The van der Waals surface area contributed by atoms with Gasteiger partial charge >= 0.3 is 11.9 Å². The number of ether oxygens (including phenoxy) is 2. The molecule has 0 amide bonds. The van der Waals surface area contributed by atoms with E-state index in [1.54, 1.807) is 55.5 Å². The Morgan fingerprint density at radius 2 is 1.80 bits per heavy atom. The molecule has 0 aliphatic rings. The summed E-state index contributed by atoms with van der Waals surface area (Å²) in [5, 5.41) is 11.3.